The zero-order chi connectivity index (χ0) is 20.2. The van der Waals surface area contributed by atoms with Crippen LogP contribution in [-0.2, 0) is 4.74 Å². The molecule has 1 unspecified atom stereocenters. The molecule has 10 heteroatoms. The number of halogens is 4. The predicted molar refractivity (Wildman–Crippen MR) is 119 cm³/mol. The highest BCUT2D eigenvalue weighted by Crippen LogP contribution is 2.31. The van der Waals surface area contributed by atoms with Crippen molar-refractivity contribution in [3.63, 3.8) is 0 Å². The molecule has 3 fully saturated rings. The van der Waals surface area contributed by atoms with E-state index in [0.29, 0.717) is 26.2 Å². The van der Waals surface area contributed by atoms with E-state index in [4.69, 9.17) is 4.74 Å². The van der Waals surface area contributed by atoms with Crippen molar-refractivity contribution in [1.29, 1.82) is 0 Å². The lowest BCUT2D eigenvalue weighted by molar-refractivity contribution is -0.181. The molecular weight excluding hydrogens is 498 g/mol. The highest BCUT2D eigenvalue weighted by molar-refractivity contribution is 14.0. The zero-order valence-electron chi connectivity index (χ0n) is 17.5. The van der Waals surface area contributed by atoms with Crippen LogP contribution in [0.2, 0.25) is 0 Å². The van der Waals surface area contributed by atoms with Crippen LogP contribution >= 0.6 is 24.0 Å². The fourth-order valence-electron chi connectivity index (χ4n) is 4.65. The molecule has 1 atom stereocenters. The number of guanidine groups is 1. The van der Waals surface area contributed by atoms with Crippen LogP contribution in [0.3, 0.4) is 0 Å². The number of ether oxygens (including phenoxy) is 1. The molecule has 0 aromatic carbocycles. The monoisotopic (exact) mass is 533 g/mol. The molecule has 3 aliphatic heterocycles. The van der Waals surface area contributed by atoms with Gasteiger partial charge in [0.05, 0.1) is 0 Å². The van der Waals surface area contributed by atoms with Crippen LogP contribution in [0.25, 0.3) is 0 Å². The number of alkyl halides is 3. The van der Waals surface area contributed by atoms with Crippen LogP contribution in [0.15, 0.2) is 4.99 Å². The summed E-state index contributed by atoms with van der Waals surface area (Å²) in [6.07, 6.45) is 0.336. The first-order valence-electron chi connectivity index (χ1n) is 10.4. The van der Waals surface area contributed by atoms with Crippen LogP contribution < -0.4 is 5.32 Å². The summed E-state index contributed by atoms with van der Waals surface area (Å²) in [5, 5.41) is 3.54. The third-order valence-corrected chi connectivity index (χ3v) is 6.62. The van der Waals surface area contributed by atoms with Gasteiger partial charge in [0.15, 0.2) is 5.96 Å². The summed E-state index contributed by atoms with van der Waals surface area (Å²) in [6.45, 7) is 7.78. The van der Waals surface area contributed by atoms with Crippen LogP contribution in [0.4, 0.5) is 13.2 Å². The molecule has 0 saturated carbocycles. The molecule has 0 bridgehead atoms. The van der Waals surface area contributed by atoms with Crippen molar-refractivity contribution in [1.82, 2.24) is 20.0 Å². The van der Waals surface area contributed by atoms with E-state index in [-0.39, 0.29) is 29.5 Å². The fourth-order valence-corrected chi connectivity index (χ4v) is 4.65. The van der Waals surface area contributed by atoms with Gasteiger partial charge in [-0.15, -0.1) is 24.0 Å². The summed E-state index contributed by atoms with van der Waals surface area (Å²) in [4.78, 5) is 10.6. The van der Waals surface area contributed by atoms with Gasteiger partial charge in [-0.1, -0.05) is 0 Å². The zero-order valence-corrected chi connectivity index (χ0v) is 19.8. The van der Waals surface area contributed by atoms with Crippen molar-refractivity contribution >= 4 is 29.9 Å². The lowest BCUT2D eigenvalue weighted by Crippen LogP contribution is -2.61. The highest BCUT2D eigenvalue weighted by Gasteiger charge is 2.42. The summed E-state index contributed by atoms with van der Waals surface area (Å²) in [7, 11) is 1.75. The number of likely N-dealkylation sites (tertiary alicyclic amines) is 1. The van der Waals surface area contributed by atoms with Crippen LogP contribution in [-0.4, -0.2) is 104 Å². The maximum atomic E-state index is 13.0. The van der Waals surface area contributed by atoms with Gasteiger partial charge >= 0.3 is 6.18 Å². The topological polar surface area (TPSA) is 43.3 Å². The van der Waals surface area contributed by atoms with Crippen molar-refractivity contribution in [2.75, 3.05) is 66.1 Å². The molecule has 3 aliphatic rings. The molecular formula is C19H35F3IN5O. The van der Waals surface area contributed by atoms with Gasteiger partial charge in [0.25, 0.3) is 0 Å². The molecule has 29 heavy (non-hydrogen) atoms. The quantitative estimate of drug-likeness (QED) is 0.342. The van der Waals surface area contributed by atoms with E-state index in [1.54, 1.807) is 7.05 Å². The molecule has 170 valence electrons. The molecule has 6 nitrogen and oxygen atoms in total. The molecule has 0 aromatic rings. The Kier molecular flexibility index (Phi) is 9.29. The standard InChI is InChI=1S/C19H34F3N5O.HI/c1-16(19(20,21)22)25-9-11-26(12-10-25)17(23-2)24-15-18(5-13-28-14-6-18)27-7-3-4-8-27;/h16H,3-15H2,1-2H3,(H,23,24);1H. The first kappa shape index (κ1) is 24.9. The minimum absolute atomic E-state index is 0. The van der Waals surface area contributed by atoms with Crippen molar-refractivity contribution < 1.29 is 17.9 Å². The van der Waals surface area contributed by atoms with Gasteiger partial charge in [0.1, 0.15) is 6.04 Å². The number of piperazine rings is 1. The van der Waals surface area contributed by atoms with Crippen molar-refractivity contribution in [3.8, 4) is 0 Å². The average molecular weight is 533 g/mol. The lowest BCUT2D eigenvalue weighted by atomic mass is 9.88. The summed E-state index contributed by atoms with van der Waals surface area (Å²) in [6, 6.07) is -1.40. The van der Waals surface area contributed by atoms with Gasteiger partial charge < -0.3 is 15.0 Å². The third kappa shape index (κ3) is 6.10. The predicted octanol–water partition coefficient (Wildman–Crippen LogP) is 2.39. The molecule has 0 aliphatic carbocycles. The molecule has 0 aromatic heterocycles. The van der Waals surface area contributed by atoms with E-state index >= 15 is 0 Å². The Morgan fingerprint density at radius 1 is 1.07 bits per heavy atom. The van der Waals surface area contributed by atoms with E-state index in [1.165, 1.54) is 24.7 Å². The number of hydrogen-bond acceptors (Lipinski definition) is 4. The fraction of sp³-hybridized carbons (Fsp3) is 0.947. The Bertz CT molecular complexity index is 528. The van der Waals surface area contributed by atoms with E-state index in [1.807, 2.05) is 0 Å². The molecule has 0 spiro atoms. The second-order valence-corrected chi connectivity index (χ2v) is 8.17. The van der Waals surface area contributed by atoms with Crippen molar-refractivity contribution in [2.45, 2.75) is 50.4 Å². The highest BCUT2D eigenvalue weighted by atomic mass is 127. The normalized spacial score (nSPS) is 25.6. The summed E-state index contributed by atoms with van der Waals surface area (Å²) >= 11 is 0. The number of nitrogens with zero attached hydrogens (tertiary/aromatic N) is 4. The number of hydrogen-bond donors (Lipinski definition) is 1. The first-order valence-corrected chi connectivity index (χ1v) is 10.4. The number of aliphatic imine (C=N–C) groups is 1. The minimum Gasteiger partial charge on any atom is -0.381 e. The van der Waals surface area contributed by atoms with Crippen molar-refractivity contribution in [2.24, 2.45) is 4.99 Å². The largest absolute Gasteiger partial charge is 0.403 e. The van der Waals surface area contributed by atoms with Crippen LogP contribution in [0.1, 0.15) is 32.6 Å². The van der Waals surface area contributed by atoms with Gasteiger partial charge in [0, 0.05) is 58.5 Å². The molecule has 1 N–H and O–H groups in total. The van der Waals surface area contributed by atoms with Gasteiger partial charge in [0.2, 0.25) is 0 Å². The Morgan fingerprint density at radius 2 is 1.66 bits per heavy atom. The first-order chi connectivity index (χ1) is 13.4. The lowest BCUT2D eigenvalue weighted by Gasteiger charge is -2.46. The number of rotatable bonds is 4. The second-order valence-electron chi connectivity index (χ2n) is 8.17. The van der Waals surface area contributed by atoms with E-state index < -0.39 is 12.2 Å². The Labute approximate surface area is 189 Å². The van der Waals surface area contributed by atoms with Gasteiger partial charge in [-0.05, 0) is 45.7 Å². The minimum atomic E-state index is -4.17. The Hall–Kier alpha value is -0.330. The summed E-state index contributed by atoms with van der Waals surface area (Å²) in [5.41, 5.74) is 0.0946. The SMILES string of the molecule is CN=C(NCC1(N2CCCC2)CCOCC1)N1CCN(C(C)C(F)(F)F)CC1.I. The van der Waals surface area contributed by atoms with Gasteiger partial charge in [-0.3, -0.25) is 14.8 Å². The molecule has 0 amide bonds. The smallest absolute Gasteiger partial charge is 0.381 e. The second kappa shape index (κ2) is 10.8. The van der Waals surface area contributed by atoms with Crippen molar-refractivity contribution in [3.05, 3.63) is 0 Å². The Balaban J connectivity index is 0.00000300. The van der Waals surface area contributed by atoms with Crippen LogP contribution in [0.5, 0.6) is 0 Å². The Morgan fingerprint density at radius 3 is 2.17 bits per heavy atom. The molecule has 3 rings (SSSR count). The van der Waals surface area contributed by atoms with Gasteiger partial charge in [-0.2, -0.15) is 13.2 Å². The maximum Gasteiger partial charge on any atom is 0.403 e. The van der Waals surface area contributed by atoms with E-state index in [2.05, 4.69) is 20.1 Å². The summed E-state index contributed by atoms with van der Waals surface area (Å²) < 4.78 is 44.5. The van der Waals surface area contributed by atoms with E-state index in [0.717, 1.165) is 51.6 Å². The molecule has 3 heterocycles. The molecule has 0 radical (unpaired) electrons. The average Bonchev–Trinajstić information content (AvgIpc) is 3.24. The maximum absolute atomic E-state index is 13.0. The number of nitrogens with one attached hydrogen (secondary N) is 1. The van der Waals surface area contributed by atoms with Gasteiger partial charge in [-0.25, -0.2) is 0 Å². The molecule has 3 saturated heterocycles. The third-order valence-electron chi connectivity index (χ3n) is 6.62. The van der Waals surface area contributed by atoms with E-state index in [9.17, 15) is 13.2 Å². The van der Waals surface area contributed by atoms with Crippen LogP contribution in [0, 0.1) is 0 Å². The summed E-state index contributed by atoms with van der Waals surface area (Å²) in [5.74, 6) is 0.796.